The molecule has 0 radical (unpaired) electrons. The van der Waals surface area contributed by atoms with E-state index in [0.29, 0.717) is 28.6 Å². The second-order valence-corrected chi connectivity index (χ2v) is 6.23. The molecule has 1 aliphatic heterocycles. The third-order valence-electron chi connectivity index (χ3n) is 4.76. The van der Waals surface area contributed by atoms with Crippen LogP contribution in [-0.2, 0) is 4.79 Å². The Labute approximate surface area is 156 Å². The third-order valence-corrected chi connectivity index (χ3v) is 4.76. The van der Waals surface area contributed by atoms with E-state index < -0.39 is 5.92 Å². The van der Waals surface area contributed by atoms with Crippen molar-refractivity contribution in [2.45, 2.75) is 5.92 Å². The zero-order valence-corrected chi connectivity index (χ0v) is 14.9. The highest BCUT2D eigenvalue weighted by Crippen LogP contribution is 2.49. The van der Waals surface area contributed by atoms with Crippen LogP contribution in [0.5, 0.6) is 28.7 Å². The first-order chi connectivity index (χ1) is 13.2. The number of carbonyl (C=O) groups excluding carboxylic acids is 1. The van der Waals surface area contributed by atoms with Crippen LogP contribution < -0.4 is 14.2 Å². The van der Waals surface area contributed by atoms with Gasteiger partial charge in [-0.1, -0.05) is 24.3 Å². The van der Waals surface area contributed by atoms with Crippen LogP contribution in [0.15, 0.2) is 54.6 Å². The molecule has 5 heteroatoms. The standard InChI is InChI=1S/C22H18O5/c1-25-19-8-7-13(10-20(19)26-2)14-9-17(24)22-16(12-23)15-5-3-4-6-18(15)27-21(22)11-14/h3-12,16,24H,1-2H3. The normalized spacial score (nSPS) is 14.5. The monoisotopic (exact) mass is 362 g/mol. The Bertz CT molecular complexity index is 1030. The van der Waals surface area contributed by atoms with Crippen molar-refractivity contribution in [2.24, 2.45) is 0 Å². The van der Waals surface area contributed by atoms with Crippen LogP contribution >= 0.6 is 0 Å². The molecule has 4 rings (SSSR count). The van der Waals surface area contributed by atoms with Gasteiger partial charge in [-0.2, -0.15) is 0 Å². The van der Waals surface area contributed by atoms with E-state index in [9.17, 15) is 9.90 Å². The summed E-state index contributed by atoms with van der Waals surface area (Å²) in [5.41, 5.74) is 2.80. The first-order valence-electron chi connectivity index (χ1n) is 8.47. The summed E-state index contributed by atoms with van der Waals surface area (Å²) in [5.74, 6) is 1.74. The van der Waals surface area contributed by atoms with E-state index in [1.54, 1.807) is 26.4 Å². The van der Waals surface area contributed by atoms with Crippen molar-refractivity contribution in [2.75, 3.05) is 14.2 Å². The number of methoxy groups -OCH3 is 2. The summed E-state index contributed by atoms with van der Waals surface area (Å²) in [7, 11) is 3.15. The highest BCUT2D eigenvalue weighted by molar-refractivity contribution is 5.80. The Morgan fingerprint density at radius 3 is 2.44 bits per heavy atom. The summed E-state index contributed by atoms with van der Waals surface area (Å²) in [6.45, 7) is 0. The van der Waals surface area contributed by atoms with E-state index in [2.05, 4.69) is 0 Å². The van der Waals surface area contributed by atoms with Crippen LogP contribution in [0.25, 0.3) is 11.1 Å². The van der Waals surface area contributed by atoms with Gasteiger partial charge in [0.15, 0.2) is 11.5 Å². The van der Waals surface area contributed by atoms with Gasteiger partial charge >= 0.3 is 0 Å². The summed E-state index contributed by atoms with van der Waals surface area (Å²) < 4.78 is 16.6. The second kappa shape index (κ2) is 6.68. The summed E-state index contributed by atoms with van der Waals surface area (Å²) in [6, 6.07) is 16.3. The maximum atomic E-state index is 11.7. The Morgan fingerprint density at radius 2 is 1.70 bits per heavy atom. The van der Waals surface area contributed by atoms with E-state index in [0.717, 1.165) is 23.0 Å². The van der Waals surface area contributed by atoms with Gasteiger partial charge in [-0.25, -0.2) is 0 Å². The van der Waals surface area contributed by atoms with Gasteiger partial charge in [-0.3, -0.25) is 0 Å². The Balaban J connectivity index is 1.84. The SMILES string of the molecule is COc1ccc(-c2cc(O)c3c(c2)Oc2ccccc2C3C=O)cc1OC. The minimum atomic E-state index is -0.565. The van der Waals surface area contributed by atoms with Gasteiger partial charge < -0.3 is 24.1 Å². The summed E-state index contributed by atoms with van der Waals surface area (Å²) in [6.07, 6.45) is 0.829. The molecular weight excluding hydrogens is 344 g/mol. The Kier molecular flexibility index (Phi) is 4.20. The molecule has 0 spiro atoms. The van der Waals surface area contributed by atoms with Crippen LogP contribution in [0.2, 0.25) is 0 Å². The number of ether oxygens (including phenoxy) is 3. The number of rotatable bonds is 4. The van der Waals surface area contributed by atoms with Crippen LogP contribution in [0.3, 0.4) is 0 Å². The smallest absolute Gasteiger partial charge is 0.161 e. The topological polar surface area (TPSA) is 65.0 Å². The molecule has 1 aliphatic rings. The van der Waals surface area contributed by atoms with Crippen molar-refractivity contribution in [3.05, 3.63) is 65.7 Å². The predicted octanol–water partition coefficient (Wildman–Crippen LogP) is 4.51. The number of aromatic hydroxyl groups is 1. The number of phenolic OH excluding ortho intramolecular Hbond substituents is 1. The number of hydrogen-bond acceptors (Lipinski definition) is 5. The zero-order chi connectivity index (χ0) is 19.0. The first-order valence-corrected chi connectivity index (χ1v) is 8.47. The van der Waals surface area contributed by atoms with Crippen LogP contribution in [0.4, 0.5) is 0 Å². The lowest BCUT2D eigenvalue weighted by Gasteiger charge is -2.26. The van der Waals surface area contributed by atoms with E-state index >= 15 is 0 Å². The minimum Gasteiger partial charge on any atom is -0.507 e. The third kappa shape index (κ3) is 2.77. The van der Waals surface area contributed by atoms with E-state index in [4.69, 9.17) is 14.2 Å². The maximum absolute atomic E-state index is 11.7. The zero-order valence-electron chi connectivity index (χ0n) is 14.9. The number of hydrogen-bond donors (Lipinski definition) is 1. The molecule has 1 heterocycles. The maximum Gasteiger partial charge on any atom is 0.161 e. The highest BCUT2D eigenvalue weighted by Gasteiger charge is 2.30. The largest absolute Gasteiger partial charge is 0.507 e. The number of phenols is 1. The highest BCUT2D eigenvalue weighted by atomic mass is 16.5. The van der Waals surface area contributed by atoms with Gasteiger partial charge in [0.1, 0.15) is 23.5 Å². The van der Waals surface area contributed by atoms with Gasteiger partial charge in [0, 0.05) is 5.56 Å². The fraction of sp³-hybridized carbons (Fsp3) is 0.136. The van der Waals surface area contributed by atoms with E-state index in [1.165, 1.54) is 0 Å². The minimum absolute atomic E-state index is 0.0175. The number of aldehydes is 1. The average Bonchev–Trinajstić information content (AvgIpc) is 2.71. The van der Waals surface area contributed by atoms with Crippen molar-refractivity contribution in [1.29, 1.82) is 0 Å². The number of benzene rings is 3. The Morgan fingerprint density at radius 1 is 0.926 bits per heavy atom. The van der Waals surface area contributed by atoms with E-state index in [-0.39, 0.29) is 5.75 Å². The van der Waals surface area contributed by atoms with Crippen molar-refractivity contribution in [3.8, 4) is 39.9 Å². The number of para-hydroxylation sites is 1. The molecule has 136 valence electrons. The van der Waals surface area contributed by atoms with Crippen LogP contribution in [-0.4, -0.2) is 25.6 Å². The predicted molar refractivity (Wildman–Crippen MR) is 101 cm³/mol. The molecule has 0 amide bonds. The molecule has 3 aromatic carbocycles. The molecule has 0 bridgehead atoms. The fourth-order valence-electron chi connectivity index (χ4n) is 3.44. The molecule has 1 N–H and O–H groups in total. The lowest BCUT2D eigenvalue weighted by molar-refractivity contribution is -0.108. The fourth-order valence-corrected chi connectivity index (χ4v) is 3.44. The summed E-state index contributed by atoms with van der Waals surface area (Å²) >= 11 is 0. The molecule has 0 aliphatic carbocycles. The summed E-state index contributed by atoms with van der Waals surface area (Å²) in [5, 5.41) is 10.7. The molecule has 0 saturated carbocycles. The second-order valence-electron chi connectivity index (χ2n) is 6.23. The lowest BCUT2D eigenvalue weighted by atomic mass is 9.87. The molecular formula is C22H18O5. The van der Waals surface area contributed by atoms with E-state index in [1.807, 2.05) is 42.5 Å². The molecule has 0 fully saturated rings. The molecule has 3 aromatic rings. The number of fused-ring (bicyclic) bond motifs is 2. The molecule has 5 nitrogen and oxygen atoms in total. The molecule has 27 heavy (non-hydrogen) atoms. The van der Waals surface area contributed by atoms with Gasteiger partial charge in [0.05, 0.1) is 25.7 Å². The number of carbonyl (C=O) groups is 1. The molecule has 0 aromatic heterocycles. The van der Waals surface area contributed by atoms with Crippen LogP contribution in [0.1, 0.15) is 17.0 Å². The van der Waals surface area contributed by atoms with Crippen molar-refractivity contribution < 1.29 is 24.1 Å². The van der Waals surface area contributed by atoms with Gasteiger partial charge in [0.2, 0.25) is 0 Å². The lowest BCUT2D eigenvalue weighted by Crippen LogP contribution is -2.11. The quantitative estimate of drug-likeness (QED) is 0.692. The molecule has 1 unspecified atom stereocenters. The molecule has 1 atom stereocenters. The van der Waals surface area contributed by atoms with Gasteiger partial charge in [0.25, 0.3) is 0 Å². The van der Waals surface area contributed by atoms with Crippen molar-refractivity contribution in [1.82, 2.24) is 0 Å². The molecule has 0 saturated heterocycles. The summed E-state index contributed by atoms with van der Waals surface area (Å²) in [4.78, 5) is 11.7. The van der Waals surface area contributed by atoms with Crippen molar-refractivity contribution in [3.63, 3.8) is 0 Å². The van der Waals surface area contributed by atoms with Gasteiger partial charge in [-0.15, -0.1) is 0 Å². The average molecular weight is 362 g/mol. The van der Waals surface area contributed by atoms with Crippen molar-refractivity contribution >= 4 is 6.29 Å². The van der Waals surface area contributed by atoms with Crippen LogP contribution in [0, 0.1) is 0 Å². The van der Waals surface area contributed by atoms with Gasteiger partial charge in [-0.05, 0) is 41.5 Å². The first kappa shape index (κ1) is 17.0. The Hall–Kier alpha value is -3.47.